The van der Waals surface area contributed by atoms with E-state index < -0.39 is 33.5 Å². The van der Waals surface area contributed by atoms with Crippen molar-refractivity contribution in [1.29, 1.82) is 0 Å². The standard InChI is InChI=1S/C44H45FNO5PSi/c1-31(2)43-38(39(34-24-25-40(45)32(3)27-34)29-41(46-43)33-17-10-7-11-18-33)23-16-26-50-52(49)30-35(28-42(47)48)51-53(44(4,5)6,36-19-12-8-13-20-36)37-21-14-9-15-22-37/h7-15,17-22,24-25,27,29,31,35H,26,28,30H2,1-6H3/p+1. The summed E-state index contributed by atoms with van der Waals surface area (Å²) in [6.07, 6.45) is -1.33. The Kier molecular flexibility index (Phi) is 12.9. The van der Waals surface area contributed by atoms with E-state index in [1.54, 1.807) is 19.1 Å². The molecular formula is C44H46FNO5PSi+. The highest BCUT2D eigenvalue weighted by atomic mass is 31.1. The van der Waals surface area contributed by atoms with Crippen molar-refractivity contribution >= 4 is 32.7 Å². The summed E-state index contributed by atoms with van der Waals surface area (Å²) in [7, 11) is -5.48. The lowest BCUT2D eigenvalue weighted by atomic mass is 9.92. The summed E-state index contributed by atoms with van der Waals surface area (Å²) >= 11 is 0. The second kappa shape index (κ2) is 17.4. The van der Waals surface area contributed by atoms with Crippen LogP contribution in [-0.2, 0) is 18.3 Å². The summed E-state index contributed by atoms with van der Waals surface area (Å²) in [5.74, 6) is 4.95. The Morgan fingerprint density at radius 3 is 2.00 bits per heavy atom. The van der Waals surface area contributed by atoms with Crippen LogP contribution < -0.4 is 10.4 Å². The van der Waals surface area contributed by atoms with Gasteiger partial charge in [-0.05, 0) is 62.1 Å². The Balaban J connectivity index is 1.45. The number of aromatic nitrogens is 1. The van der Waals surface area contributed by atoms with Crippen LogP contribution in [0.5, 0.6) is 0 Å². The van der Waals surface area contributed by atoms with Gasteiger partial charge in [0.2, 0.25) is 6.16 Å². The van der Waals surface area contributed by atoms with E-state index in [1.165, 1.54) is 6.07 Å². The molecule has 1 heterocycles. The molecule has 0 saturated carbocycles. The first-order valence-electron chi connectivity index (χ1n) is 17.7. The van der Waals surface area contributed by atoms with E-state index in [9.17, 15) is 18.9 Å². The number of pyridine rings is 1. The molecule has 0 aliphatic carbocycles. The van der Waals surface area contributed by atoms with Crippen LogP contribution in [0.25, 0.3) is 22.4 Å². The van der Waals surface area contributed by atoms with Gasteiger partial charge in [-0.25, -0.2) is 4.39 Å². The zero-order chi connectivity index (χ0) is 38.2. The number of halogens is 1. The van der Waals surface area contributed by atoms with Crippen LogP contribution in [0.2, 0.25) is 5.04 Å². The van der Waals surface area contributed by atoms with Gasteiger partial charge in [0.05, 0.1) is 23.4 Å². The summed E-state index contributed by atoms with van der Waals surface area (Å²) in [4.78, 5) is 17.2. The lowest BCUT2D eigenvalue weighted by molar-refractivity contribution is -0.138. The molecule has 9 heteroatoms. The van der Waals surface area contributed by atoms with Crippen molar-refractivity contribution < 1.29 is 27.8 Å². The fraction of sp³-hybridized carbons (Fsp3) is 0.273. The van der Waals surface area contributed by atoms with Crippen molar-refractivity contribution in [2.45, 2.75) is 65.0 Å². The van der Waals surface area contributed by atoms with Crippen LogP contribution in [0.4, 0.5) is 4.39 Å². The molecule has 272 valence electrons. The van der Waals surface area contributed by atoms with Gasteiger partial charge in [0.1, 0.15) is 11.9 Å². The van der Waals surface area contributed by atoms with Crippen LogP contribution >= 0.6 is 8.03 Å². The topological polar surface area (TPSA) is 85.7 Å². The molecule has 5 aromatic rings. The number of aryl methyl sites for hydroxylation is 1. The zero-order valence-electron chi connectivity index (χ0n) is 31.1. The van der Waals surface area contributed by atoms with Crippen molar-refractivity contribution in [3.05, 3.63) is 138 Å². The molecule has 0 aliphatic rings. The average molecular weight is 747 g/mol. The number of rotatable bonds is 13. The van der Waals surface area contributed by atoms with Crippen molar-refractivity contribution in [2.24, 2.45) is 0 Å². The average Bonchev–Trinajstić information content (AvgIpc) is 3.13. The number of carbonyl (C=O) groups is 1. The van der Waals surface area contributed by atoms with Crippen molar-refractivity contribution in [3.63, 3.8) is 0 Å². The van der Waals surface area contributed by atoms with E-state index in [0.717, 1.165) is 38.5 Å². The maximum atomic E-state index is 14.3. The first-order chi connectivity index (χ1) is 25.3. The Bertz CT molecular complexity index is 2070. The van der Waals surface area contributed by atoms with E-state index in [-0.39, 0.29) is 30.9 Å². The maximum Gasteiger partial charge on any atom is 0.511 e. The molecule has 0 saturated heterocycles. The lowest BCUT2D eigenvalue weighted by Crippen LogP contribution is -2.68. The molecule has 2 atom stereocenters. The number of hydrogen-bond donors (Lipinski definition) is 1. The van der Waals surface area contributed by atoms with Gasteiger partial charge in [-0.1, -0.05) is 144 Å². The van der Waals surface area contributed by atoms with Crippen LogP contribution in [0.15, 0.2) is 115 Å². The Morgan fingerprint density at radius 1 is 0.887 bits per heavy atom. The van der Waals surface area contributed by atoms with Crippen LogP contribution in [-0.4, -0.2) is 43.2 Å². The molecule has 6 nitrogen and oxygen atoms in total. The number of benzene rings is 4. The van der Waals surface area contributed by atoms with E-state index in [1.807, 2.05) is 111 Å². The van der Waals surface area contributed by atoms with Crippen LogP contribution in [0, 0.1) is 24.6 Å². The predicted octanol–water partition coefficient (Wildman–Crippen LogP) is 9.52. The molecule has 1 aromatic heterocycles. The Morgan fingerprint density at radius 2 is 1.47 bits per heavy atom. The second-order valence-electron chi connectivity index (χ2n) is 14.4. The van der Waals surface area contributed by atoms with Crippen molar-refractivity contribution in [1.82, 2.24) is 4.98 Å². The molecule has 53 heavy (non-hydrogen) atoms. The summed E-state index contributed by atoms with van der Waals surface area (Å²) in [5, 5.41) is 11.5. The van der Waals surface area contributed by atoms with Crippen molar-refractivity contribution in [2.75, 3.05) is 12.8 Å². The van der Waals surface area contributed by atoms with E-state index in [4.69, 9.17) is 13.9 Å². The van der Waals surface area contributed by atoms with E-state index in [0.29, 0.717) is 11.1 Å². The quantitative estimate of drug-likeness (QED) is 0.0734. The Labute approximate surface area is 314 Å². The first-order valence-corrected chi connectivity index (χ1v) is 21.0. The number of carboxylic acid groups (broad SMARTS) is 1. The largest absolute Gasteiger partial charge is 0.511 e. The lowest BCUT2D eigenvalue weighted by Gasteiger charge is -2.44. The van der Waals surface area contributed by atoms with Gasteiger partial charge in [0, 0.05) is 11.1 Å². The van der Waals surface area contributed by atoms with Gasteiger partial charge < -0.3 is 9.53 Å². The molecule has 0 aliphatic heterocycles. The second-order valence-corrected chi connectivity index (χ2v) is 19.9. The molecule has 0 bridgehead atoms. The van der Waals surface area contributed by atoms with Gasteiger partial charge in [0.25, 0.3) is 8.32 Å². The van der Waals surface area contributed by atoms with Gasteiger partial charge in [-0.15, -0.1) is 4.52 Å². The minimum absolute atomic E-state index is 0.0104. The Hall–Kier alpha value is -4.77. The third kappa shape index (κ3) is 9.43. The van der Waals surface area contributed by atoms with E-state index >= 15 is 0 Å². The monoisotopic (exact) mass is 746 g/mol. The molecule has 0 spiro atoms. The molecular weight excluding hydrogens is 701 g/mol. The molecule has 0 amide bonds. The molecule has 2 unspecified atom stereocenters. The molecule has 1 N–H and O–H groups in total. The predicted molar refractivity (Wildman–Crippen MR) is 214 cm³/mol. The third-order valence-electron chi connectivity index (χ3n) is 9.14. The van der Waals surface area contributed by atoms with Crippen LogP contribution in [0.1, 0.15) is 63.8 Å². The number of hydrogen-bond acceptors (Lipinski definition) is 5. The maximum absolute atomic E-state index is 14.3. The molecule has 5 rings (SSSR count). The summed E-state index contributed by atoms with van der Waals surface area (Å²) in [6, 6.07) is 36.7. The molecule has 4 aromatic carbocycles. The van der Waals surface area contributed by atoms with Gasteiger partial charge in [-0.2, -0.15) is 0 Å². The summed E-state index contributed by atoms with van der Waals surface area (Å²) in [6.45, 7) is 12.0. The third-order valence-corrected chi connectivity index (χ3v) is 15.4. The SMILES string of the molecule is Cc1cc(-c2cc(-c3ccccc3)nc(C(C)C)c2C#CCO[P+](=O)CC(CC(=O)O)O[Si](c2ccccc2)(c2ccccc2)C(C)(C)C)ccc1F. The summed E-state index contributed by atoms with van der Waals surface area (Å²) < 4.78 is 40.7. The van der Waals surface area contributed by atoms with Crippen molar-refractivity contribution in [3.8, 4) is 34.2 Å². The minimum atomic E-state index is -3.13. The smallest absolute Gasteiger partial charge is 0.481 e. The normalized spacial score (nSPS) is 12.6. The number of nitrogens with zero attached hydrogens (tertiary/aromatic N) is 1. The first kappa shape index (κ1) is 39.4. The van der Waals surface area contributed by atoms with E-state index in [2.05, 4.69) is 32.6 Å². The molecule has 0 radical (unpaired) electrons. The number of carboxylic acids is 1. The highest BCUT2D eigenvalue weighted by Gasteiger charge is 2.52. The highest BCUT2D eigenvalue weighted by molar-refractivity contribution is 7.39. The fourth-order valence-electron chi connectivity index (χ4n) is 6.64. The van der Waals surface area contributed by atoms with Gasteiger partial charge >= 0.3 is 14.0 Å². The zero-order valence-corrected chi connectivity index (χ0v) is 33.0. The number of aliphatic carboxylic acids is 1. The molecule has 0 fully saturated rings. The fourth-order valence-corrected chi connectivity index (χ4v) is 12.3. The van der Waals surface area contributed by atoms with Gasteiger partial charge in [-0.3, -0.25) is 9.78 Å². The van der Waals surface area contributed by atoms with Crippen LogP contribution in [0.3, 0.4) is 0 Å². The highest BCUT2D eigenvalue weighted by Crippen LogP contribution is 2.39. The summed E-state index contributed by atoms with van der Waals surface area (Å²) in [5.41, 5.74) is 5.32. The minimum Gasteiger partial charge on any atom is -0.481 e. The van der Waals surface area contributed by atoms with Gasteiger partial charge in [0.15, 0.2) is 6.61 Å².